The van der Waals surface area contributed by atoms with Gasteiger partial charge in [0.05, 0.1) is 0 Å². The van der Waals surface area contributed by atoms with Gasteiger partial charge in [-0.2, -0.15) is 0 Å². The molecule has 0 amide bonds. The van der Waals surface area contributed by atoms with Crippen LogP contribution in [0.25, 0.3) is 56.4 Å². The molecule has 0 bridgehead atoms. The zero-order valence-electron chi connectivity index (χ0n) is 25.9. The molecule has 9 rings (SSSR count). The van der Waals surface area contributed by atoms with Gasteiger partial charge in [0, 0.05) is 27.7 Å². The van der Waals surface area contributed by atoms with Gasteiger partial charge in [-0.15, -0.1) is 0 Å². The van der Waals surface area contributed by atoms with Gasteiger partial charge in [-0.05, 0) is 52.1 Å². The monoisotopic (exact) mass is 607 g/mol. The Labute approximate surface area is 273 Å². The molecular weight excluding hydrogens is 578 g/mol. The van der Waals surface area contributed by atoms with Gasteiger partial charge in [0.1, 0.15) is 0 Å². The van der Waals surface area contributed by atoms with Crippen molar-refractivity contribution in [1.82, 2.24) is 15.0 Å². The number of aromatic nitrogens is 3. The molecule has 0 atom stereocenters. The molecule has 1 aliphatic carbocycles. The van der Waals surface area contributed by atoms with Crippen LogP contribution in [0.5, 0.6) is 23.0 Å². The molecule has 1 aliphatic heterocycles. The molecule has 2 aliphatic rings. The van der Waals surface area contributed by atoms with Crippen LogP contribution >= 0.6 is 0 Å². The molecule has 0 saturated carbocycles. The molecule has 0 N–H and O–H groups in total. The number of hydrogen-bond acceptors (Lipinski definition) is 5. The number of hydrogen-bond donors (Lipinski definition) is 0. The van der Waals surface area contributed by atoms with Crippen LogP contribution in [-0.2, 0) is 5.41 Å². The molecule has 0 fully saturated rings. The van der Waals surface area contributed by atoms with Crippen LogP contribution in [0.1, 0.15) is 25.0 Å². The molecule has 0 spiro atoms. The maximum Gasteiger partial charge on any atom is 0.178 e. The maximum atomic E-state index is 6.62. The number of benzene rings is 6. The van der Waals surface area contributed by atoms with E-state index in [0.717, 1.165) is 39.1 Å². The van der Waals surface area contributed by atoms with Gasteiger partial charge in [-0.1, -0.05) is 129 Å². The van der Waals surface area contributed by atoms with Gasteiger partial charge in [-0.3, -0.25) is 0 Å². The van der Waals surface area contributed by atoms with Gasteiger partial charge in [0.2, 0.25) is 0 Å². The molecule has 7 aromatic rings. The zero-order valence-corrected chi connectivity index (χ0v) is 25.9. The van der Waals surface area contributed by atoms with Gasteiger partial charge in [0.15, 0.2) is 40.5 Å². The molecule has 6 aromatic carbocycles. The Morgan fingerprint density at radius 2 is 0.957 bits per heavy atom. The summed E-state index contributed by atoms with van der Waals surface area (Å²) in [5.41, 5.74) is 9.64. The second-order valence-electron chi connectivity index (χ2n) is 12.5. The van der Waals surface area contributed by atoms with E-state index < -0.39 is 0 Å². The van der Waals surface area contributed by atoms with Crippen molar-refractivity contribution in [3.8, 4) is 79.4 Å². The molecule has 2 heterocycles. The topological polar surface area (TPSA) is 57.1 Å². The summed E-state index contributed by atoms with van der Waals surface area (Å²) in [5.74, 6) is 4.50. The quantitative estimate of drug-likeness (QED) is 0.199. The van der Waals surface area contributed by atoms with Crippen LogP contribution < -0.4 is 9.47 Å². The highest BCUT2D eigenvalue weighted by molar-refractivity contribution is 5.88. The smallest absolute Gasteiger partial charge is 0.178 e. The van der Waals surface area contributed by atoms with Crippen LogP contribution in [0.3, 0.4) is 0 Å². The average Bonchev–Trinajstić information content (AvgIpc) is 3.37. The third-order valence-electron chi connectivity index (χ3n) is 9.22. The second-order valence-corrected chi connectivity index (χ2v) is 12.5. The molecule has 0 saturated heterocycles. The number of fused-ring (bicyclic) bond motifs is 6. The Balaban J connectivity index is 1.11. The van der Waals surface area contributed by atoms with Crippen LogP contribution in [-0.4, -0.2) is 15.0 Å². The lowest BCUT2D eigenvalue weighted by atomic mass is 9.82. The molecule has 47 heavy (non-hydrogen) atoms. The minimum absolute atomic E-state index is 0.122. The standard InChI is InChI=1S/C42H29N3O2/c1-42(2)32-16-10-9-15-31(32)37-33(42)22-24-35-38(37)47-34-23-21-30(25-36(34)46-35)41-44-39(28-13-7-4-8-14-28)43-40(45-41)29-19-17-27(18-20-29)26-11-5-3-6-12-26/h3-25H,1-2H3. The van der Waals surface area contributed by atoms with Crippen molar-refractivity contribution in [3.63, 3.8) is 0 Å². The number of ether oxygens (including phenoxy) is 2. The third kappa shape index (κ3) is 4.50. The van der Waals surface area contributed by atoms with E-state index in [9.17, 15) is 0 Å². The Bertz CT molecular complexity index is 2310. The van der Waals surface area contributed by atoms with Gasteiger partial charge < -0.3 is 9.47 Å². The fourth-order valence-corrected chi connectivity index (χ4v) is 6.76. The van der Waals surface area contributed by atoms with Crippen molar-refractivity contribution in [3.05, 3.63) is 151 Å². The summed E-state index contributed by atoms with van der Waals surface area (Å²) < 4.78 is 13.2. The second kappa shape index (κ2) is 10.5. The minimum atomic E-state index is -0.122. The van der Waals surface area contributed by atoms with E-state index in [0.29, 0.717) is 34.7 Å². The Hall–Kier alpha value is -6.07. The molecule has 0 radical (unpaired) electrons. The van der Waals surface area contributed by atoms with Gasteiger partial charge in [-0.25, -0.2) is 15.0 Å². The van der Waals surface area contributed by atoms with E-state index in [2.05, 4.69) is 80.6 Å². The molecule has 5 heteroatoms. The summed E-state index contributed by atoms with van der Waals surface area (Å²) >= 11 is 0. The van der Waals surface area contributed by atoms with E-state index in [-0.39, 0.29) is 5.41 Å². The first-order chi connectivity index (χ1) is 23.0. The Morgan fingerprint density at radius 3 is 1.68 bits per heavy atom. The normalized spacial score (nSPS) is 13.4. The van der Waals surface area contributed by atoms with E-state index in [1.54, 1.807) is 0 Å². The van der Waals surface area contributed by atoms with E-state index in [1.807, 2.05) is 72.8 Å². The highest BCUT2D eigenvalue weighted by Crippen LogP contribution is 2.58. The Morgan fingerprint density at radius 1 is 0.426 bits per heavy atom. The van der Waals surface area contributed by atoms with Gasteiger partial charge in [0.25, 0.3) is 0 Å². The fraction of sp³-hybridized carbons (Fsp3) is 0.0714. The fourth-order valence-electron chi connectivity index (χ4n) is 6.76. The lowest BCUT2D eigenvalue weighted by molar-refractivity contribution is 0.360. The molecule has 0 unspecified atom stereocenters. The van der Waals surface area contributed by atoms with Crippen molar-refractivity contribution in [1.29, 1.82) is 0 Å². The highest BCUT2D eigenvalue weighted by Gasteiger charge is 2.39. The number of rotatable bonds is 4. The largest absolute Gasteiger partial charge is 0.449 e. The number of nitrogens with zero attached hydrogens (tertiary/aromatic N) is 3. The summed E-state index contributed by atoms with van der Waals surface area (Å²) in [6.45, 7) is 4.52. The van der Waals surface area contributed by atoms with Crippen molar-refractivity contribution in [2.75, 3.05) is 0 Å². The predicted molar refractivity (Wildman–Crippen MR) is 186 cm³/mol. The van der Waals surface area contributed by atoms with Gasteiger partial charge >= 0.3 is 0 Å². The average molecular weight is 608 g/mol. The van der Waals surface area contributed by atoms with Crippen LogP contribution in [0.4, 0.5) is 0 Å². The zero-order chi connectivity index (χ0) is 31.5. The summed E-state index contributed by atoms with van der Waals surface area (Å²) in [7, 11) is 0. The Kier molecular flexibility index (Phi) is 6.09. The van der Waals surface area contributed by atoms with E-state index >= 15 is 0 Å². The maximum absolute atomic E-state index is 6.62. The van der Waals surface area contributed by atoms with Crippen molar-refractivity contribution in [2.24, 2.45) is 0 Å². The lowest BCUT2D eigenvalue weighted by Crippen LogP contribution is -2.15. The highest BCUT2D eigenvalue weighted by atomic mass is 16.6. The lowest BCUT2D eigenvalue weighted by Gasteiger charge is -2.25. The van der Waals surface area contributed by atoms with Crippen LogP contribution in [0.2, 0.25) is 0 Å². The first-order valence-electron chi connectivity index (χ1n) is 15.8. The van der Waals surface area contributed by atoms with E-state index in [4.69, 9.17) is 24.4 Å². The summed E-state index contributed by atoms with van der Waals surface area (Å²) in [5, 5.41) is 0. The molecule has 5 nitrogen and oxygen atoms in total. The van der Waals surface area contributed by atoms with Crippen molar-refractivity contribution < 1.29 is 9.47 Å². The third-order valence-corrected chi connectivity index (χ3v) is 9.22. The first kappa shape index (κ1) is 27.3. The predicted octanol–water partition coefficient (Wildman–Crippen LogP) is 10.7. The molecular formula is C42H29N3O2. The van der Waals surface area contributed by atoms with E-state index in [1.165, 1.54) is 16.7 Å². The minimum Gasteiger partial charge on any atom is -0.449 e. The molecule has 224 valence electrons. The molecule has 1 aromatic heterocycles. The van der Waals surface area contributed by atoms with Crippen molar-refractivity contribution in [2.45, 2.75) is 19.3 Å². The van der Waals surface area contributed by atoms with Crippen molar-refractivity contribution >= 4 is 0 Å². The summed E-state index contributed by atoms with van der Waals surface area (Å²) in [6.07, 6.45) is 0. The summed E-state index contributed by atoms with van der Waals surface area (Å²) in [4.78, 5) is 14.8. The SMILES string of the molecule is CC1(C)c2ccccc2-c2c1ccc1c2Oc2ccc(-c3nc(-c4ccccc4)nc(-c4ccc(-c5ccccc5)cc4)n3)cc2O1. The summed E-state index contributed by atoms with van der Waals surface area (Å²) in [6, 6.07) is 47.3. The first-order valence-corrected chi connectivity index (χ1v) is 15.8. The van der Waals surface area contributed by atoms with Crippen LogP contribution in [0, 0.1) is 0 Å². The van der Waals surface area contributed by atoms with Crippen LogP contribution in [0.15, 0.2) is 140 Å².